The van der Waals surface area contributed by atoms with E-state index in [-0.39, 0.29) is 29.5 Å². The molecule has 4 heteroatoms. The predicted molar refractivity (Wildman–Crippen MR) is 67.9 cm³/mol. The van der Waals surface area contributed by atoms with Gasteiger partial charge in [0.15, 0.2) is 5.78 Å². The van der Waals surface area contributed by atoms with Crippen molar-refractivity contribution in [1.29, 1.82) is 0 Å². The quantitative estimate of drug-likeness (QED) is 0.787. The number of methoxy groups -OCH3 is 1. The Balaban J connectivity index is 1.88. The van der Waals surface area contributed by atoms with Crippen molar-refractivity contribution < 1.29 is 18.7 Å². The lowest BCUT2D eigenvalue weighted by Gasteiger charge is -2.27. The fraction of sp³-hybridized carbons (Fsp3) is 0.533. The van der Waals surface area contributed by atoms with E-state index in [1.165, 1.54) is 13.2 Å². The lowest BCUT2D eigenvalue weighted by Crippen LogP contribution is -2.30. The van der Waals surface area contributed by atoms with Gasteiger partial charge >= 0.3 is 0 Å². The van der Waals surface area contributed by atoms with Crippen molar-refractivity contribution in [2.24, 2.45) is 5.92 Å². The van der Waals surface area contributed by atoms with Crippen LogP contribution in [0.4, 0.5) is 4.39 Å². The number of ketones is 1. The molecule has 3 nitrogen and oxygen atoms in total. The summed E-state index contributed by atoms with van der Waals surface area (Å²) in [5.41, 5.74) is 0.0938. The molecule has 1 aromatic rings. The van der Waals surface area contributed by atoms with E-state index in [1.54, 1.807) is 12.1 Å². The van der Waals surface area contributed by atoms with Crippen molar-refractivity contribution in [1.82, 2.24) is 0 Å². The highest BCUT2D eigenvalue weighted by molar-refractivity contribution is 6.00. The van der Waals surface area contributed by atoms with Crippen LogP contribution in [-0.2, 0) is 4.74 Å². The standard InChI is InChI=1S/C15H17FO3/c1-18-13-4-2-3-12(16)14(13)15(17)9-7-10-5-6-11(8-9)19-10/h2-4,9-11H,5-8H2,1H3. The average Bonchev–Trinajstić information content (AvgIpc) is 2.76. The largest absolute Gasteiger partial charge is 0.496 e. The van der Waals surface area contributed by atoms with E-state index in [1.807, 2.05) is 0 Å². The first-order chi connectivity index (χ1) is 9.19. The second kappa shape index (κ2) is 4.93. The molecule has 3 rings (SSSR count). The van der Waals surface area contributed by atoms with Crippen molar-refractivity contribution in [3.63, 3.8) is 0 Å². The molecule has 0 N–H and O–H groups in total. The van der Waals surface area contributed by atoms with Gasteiger partial charge in [-0.1, -0.05) is 6.07 Å². The molecule has 0 aliphatic carbocycles. The third-order valence-electron chi connectivity index (χ3n) is 4.10. The molecule has 2 bridgehead atoms. The number of halogens is 1. The summed E-state index contributed by atoms with van der Waals surface area (Å²) >= 11 is 0. The van der Waals surface area contributed by atoms with Crippen LogP contribution in [0.1, 0.15) is 36.0 Å². The zero-order chi connectivity index (χ0) is 13.4. The Morgan fingerprint density at radius 1 is 1.32 bits per heavy atom. The number of fused-ring (bicyclic) bond motifs is 2. The van der Waals surface area contributed by atoms with Gasteiger partial charge in [0.25, 0.3) is 0 Å². The fourth-order valence-corrected chi connectivity index (χ4v) is 3.19. The Labute approximate surface area is 111 Å². The number of carbonyl (C=O) groups excluding carboxylic acids is 1. The number of carbonyl (C=O) groups is 1. The van der Waals surface area contributed by atoms with Gasteiger partial charge in [-0.2, -0.15) is 0 Å². The van der Waals surface area contributed by atoms with E-state index in [4.69, 9.17) is 9.47 Å². The molecule has 2 atom stereocenters. The number of Topliss-reactive ketones (excluding diaryl/α,β-unsaturated/α-hetero) is 1. The smallest absolute Gasteiger partial charge is 0.172 e. The summed E-state index contributed by atoms with van der Waals surface area (Å²) in [5, 5.41) is 0. The second-order valence-corrected chi connectivity index (χ2v) is 5.31. The van der Waals surface area contributed by atoms with Crippen molar-refractivity contribution in [2.45, 2.75) is 37.9 Å². The molecular weight excluding hydrogens is 247 g/mol. The molecular formula is C15H17FO3. The second-order valence-electron chi connectivity index (χ2n) is 5.31. The van der Waals surface area contributed by atoms with Crippen LogP contribution >= 0.6 is 0 Å². The van der Waals surface area contributed by atoms with E-state index in [9.17, 15) is 9.18 Å². The Hall–Kier alpha value is -1.42. The first kappa shape index (κ1) is 12.6. The van der Waals surface area contributed by atoms with Crippen molar-refractivity contribution >= 4 is 5.78 Å². The van der Waals surface area contributed by atoms with Crippen LogP contribution in [0.15, 0.2) is 18.2 Å². The third-order valence-corrected chi connectivity index (χ3v) is 4.10. The van der Waals surface area contributed by atoms with Gasteiger partial charge in [-0.05, 0) is 37.8 Å². The summed E-state index contributed by atoms with van der Waals surface area (Å²) in [6.07, 6.45) is 3.78. The number of hydrogen-bond donors (Lipinski definition) is 0. The summed E-state index contributed by atoms with van der Waals surface area (Å²) in [6.45, 7) is 0. The summed E-state index contributed by atoms with van der Waals surface area (Å²) in [4.78, 5) is 12.5. The minimum absolute atomic E-state index is 0.0938. The molecule has 19 heavy (non-hydrogen) atoms. The van der Waals surface area contributed by atoms with Gasteiger partial charge in [-0.25, -0.2) is 4.39 Å². The van der Waals surface area contributed by atoms with E-state index < -0.39 is 5.82 Å². The Morgan fingerprint density at radius 3 is 2.63 bits per heavy atom. The summed E-state index contributed by atoms with van der Waals surface area (Å²) in [5.74, 6) is -0.459. The van der Waals surface area contributed by atoms with Crippen LogP contribution in [0.5, 0.6) is 5.75 Å². The Morgan fingerprint density at radius 2 is 2.00 bits per heavy atom. The lowest BCUT2D eigenvalue weighted by molar-refractivity contribution is -0.0150. The molecule has 0 amide bonds. The maximum absolute atomic E-state index is 13.9. The minimum Gasteiger partial charge on any atom is -0.496 e. The highest BCUT2D eigenvalue weighted by Crippen LogP contribution is 2.38. The zero-order valence-corrected chi connectivity index (χ0v) is 10.9. The lowest BCUT2D eigenvalue weighted by atomic mass is 9.87. The summed E-state index contributed by atoms with van der Waals surface area (Å²) in [6, 6.07) is 4.49. The predicted octanol–water partition coefficient (Wildman–Crippen LogP) is 2.97. The number of ether oxygens (including phenoxy) is 2. The molecule has 0 spiro atoms. The maximum atomic E-state index is 13.9. The van der Waals surface area contributed by atoms with E-state index in [0.717, 1.165) is 12.8 Å². The molecule has 2 saturated heterocycles. The van der Waals surface area contributed by atoms with Crippen molar-refractivity contribution in [3.8, 4) is 5.75 Å². The van der Waals surface area contributed by atoms with Gasteiger partial charge in [0.2, 0.25) is 0 Å². The number of rotatable bonds is 3. The molecule has 0 aromatic heterocycles. The first-order valence-electron chi connectivity index (χ1n) is 6.71. The molecule has 2 aliphatic heterocycles. The first-order valence-corrected chi connectivity index (χ1v) is 6.71. The van der Waals surface area contributed by atoms with Crippen LogP contribution in [-0.4, -0.2) is 25.1 Å². The topological polar surface area (TPSA) is 35.5 Å². The van der Waals surface area contributed by atoms with Gasteiger partial charge in [0.1, 0.15) is 11.6 Å². The normalized spacial score (nSPS) is 29.3. The van der Waals surface area contributed by atoms with Crippen molar-refractivity contribution in [2.75, 3.05) is 7.11 Å². The van der Waals surface area contributed by atoms with E-state index >= 15 is 0 Å². The fourth-order valence-electron chi connectivity index (χ4n) is 3.19. The molecule has 0 radical (unpaired) electrons. The molecule has 2 fully saturated rings. The highest BCUT2D eigenvalue weighted by Gasteiger charge is 2.39. The maximum Gasteiger partial charge on any atom is 0.172 e. The SMILES string of the molecule is COc1cccc(F)c1C(=O)C1CC2CCC(C1)O2. The van der Waals surface area contributed by atoms with Crippen molar-refractivity contribution in [3.05, 3.63) is 29.6 Å². The molecule has 0 saturated carbocycles. The minimum atomic E-state index is -0.497. The van der Waals surface area contributed by atoms with Crippen LogP contribution in [0.25, 0.3) is 0 Å². The van der Waals surface area contributed by atoms with Crippen LogP contribution < -0.4 is 4.74 Å². The molecule has 2 heterocycles. The van der Waals surface area contributed by atoms with Gasteiger partial charge in [-0.15, -0.1) is 0 Å². The molecule has 102 valence electrons. The number of benzene rings is 1. The van der Waals surface area contributed by atoms with Gasteiger partial charge in [-0.3, -0.25) is 4.79 Å². The highest BCUT2D eigenvalue weighted by atomic mass is 19.1. The van der Waals surface area contributed by atoms with Crippen LogP contribution in [0.2, 0.25) is 0 Å². The molecule has 2 aliphatic rings. The Bertz CT molecular complexity index is 488. The zero-order valence-electron chi connectivity index (χ0n) is 10.9. The van der Waals surface area contributed by atoms with E-state index in [0.29, 0.717) is 18.6 Å². The van der Waals surface area contributed by atoms with E-state index in [2.05, 4.69) is 0 Å². The van der Waals surface area contributed by atoms with Gasteiger partial charge < -0.3 is 9.47 Å². The van der Waals surface area contributed by atoms with Crippen LogP contribution in [0, 0.1) is 11.7 Å². The third kappa shape index (κ3) is 2.25. The average molecular weight is 264 g/mol. The molecule has 1 aromatic carbocycles. The Kier molecular flexibility index (Phi) is 3.27. The molecule has 2 unspecified atom stereocenters. The van der Waals surface area contributed by atoms with Gasteiger partial charge in [0.05, 0.1) is 24.9 Å². The summed E-state index contributed by atoms with van der Waals surface area (Å²) < 4.78 is 24.8. The number of hydrogen-bond acceptors (Lipinski definition) is 3. The monoisotopic (exact) mass is 264 g/mol. The summed E-state index contributed by atoms with van der Waals surface area (Å²) in [7, 11) is 1.46. The van der Waals surface area contributed by atoms with Crippen LogP contribution in [0.3, 0.4) is 0 Å². The van der Waals surface area contributed by atoms with Gasteiger partial charge in [0, 0.05) is 5.92 Å².